The largest absolute Gasteiger partial charge is 0.317 e. The molecule has 1 N–H and O–H groups in total. The van der Waals surface area contributed by atoms with Gasteiger partial charge < -0.3 is 5.32 Å². The minimum absolute atomic E-state index is 0.709. The highest BCUT2D eigenvalue weighted by Gasteiger charge is 2.24. The zero-order chi connectivity index (χ0) is 9.97. The second kappa shape index (κ2) is 4.09. The third-order valence-electron chi connectivity index (χ3n) is 3.21. The Morgan fingerprint density at radius 1 is 1.36 bits per heavy atom. The molecule has 0 saturated heterocycles. The van der Waals surface area contributed by atoms with Gasteiger partial charge in [0, 0.05) is 18.4 Å². The molecule has 76 valence electrons. The Morgan fingerprint density at radius 3 is 2.86 bits per heavy atom. The Kier molecular flexibility index (Phi) is 2.82. The Balaban J connectivity index is 2.09. The first-order valence-corrected chi connectivity index (χ1v) is 5.38. The molecule has 1 aliphatic rings. The monoisotopic (exact) mass is 190 g/mol. The van der Waals surface area contributed by atoms with Crippen molar-refractivity contribution in [3.05, 3.63) is 29.6 Å². The molecule has 2 atom stereocenters. The number of hydrogen-bond acceptors (Lipinski definition) is 2. The number of nitrogens with zero attached hydrogens (tertiary/aromatic N) is 1. The molecule has 0 spiro atoms. The van der Waals surface area contributed by atoms with Crippen molar-refractivity contribution >= 4 is 0 Å². The molecule has 2 heteroatoms. The lowest BCUT2D eigenvalue weighted by molar-refractivity contribution is 0.571. The van der Waals surface area contributed by atoms with Gasteiger partial charge in [-0.25, -0.2) is 0 Å². The lowest BCUT2D eigenvalue weighted by Crippen LogP contribution is -2.21. The van der Waals surface area contributed by atoms with Gasteiger partial charge in [0.05, 0.1) is 0 Å². The van der Waals surface area contributed by atoms with E-state index in [-0.39, 0.29) is 0 Å². The summed E-state index contributed by atoms with van der Waals surface area (Å²) in [7, 11) is 2.06. The Labute approximate surface area is 85.7 Å². The first-order chi connectivity index (χ1) is 6.79. The van der Waals surface area contributed by atoms with E-state index in [4.69, 9.17) is 0 Å². The van der Waals surface area contributed by atoms with Crippen LogP contribution < -0.4 is 5.32 Å². The number of hydrogen-bond donors (Lipinski definition) is 1. The van der Waals surface area contributed by atoms with Crippen molar-refractivity contribution in [1.29, 1.82) is 0 Å². The molecular formula is C12H18N2. The van der Waals surface area contributed by atoms with E-state index < -0.39 is 0 Å². The van der Waals surface area contributed by atoms with Gasteiger partial charge >= 0.3 is 0 Å². The maximum atomic E-state index is 4.26. The van der Waals surface area contributed by atoms with Gasteiger partial charge in [-0.3, -0.25) is 4.98 Å². The number of pyridine rings is 1. The second-order valence-electron chi connectivity index (χ2n) is 4.29. The minimum Gasteiger partial charge on any atom is -0.317 e. The van der Waals surface area contributed by atoms with Crippen molar-refractivity contribution in [3.8, 4) is 0 Å². The molecule has 0 radical (unpaired) electrons. The standard InChI is InChI=1S/C12H18N2/c1-9-5-11(8-14-7-9)10-3-4-12(6-10)13-2/h5,7-8,10,12-13H,3-4,6H2,1-2H3. The van der Waals surface area contributed by atoms with Crippen molar-refractivity contribution in [2.24, 2.45) is 0 Å². The molecule has 1 heterocycles. The van der Waals surface area contributed by atoms with Crippen LogP contribution in [0.4, 0.5) is 0 Å². The topological polar surface area (TPSA) is 24.9 Å². The maximum absolute atomic E-state index is 4.26. The third-order valence-corrected chi connectivity index (χ3v) is 3.21. The van der Waals surface area contributed by atoms with E-state index >= 15 is 0 Å². The summed E-state index contributed by atoms with van der Waals surface area (Å²) in [5.41, 5.74) is 2.69. The summed E-state index contributed by atoms with van der Waals surface area (Å²) in [6.07, 6.45) is 7.82. The zero-order valence-electron chi connectivity index (χ0n) is 8.96. The first kappa shape index (κ1) is 9.66. The summed E-state index contributed by atoms with van der Waals surface area (Å²) in [5, 5.41) is 3.36. The minimum atomic E-state index is 0.709. The number of nitrogens with one attached hydrogen (secondary N) is 1. The number of aryl methyl sites for hydroxylation is 1. The Hall–Kier alpha value is -0.890. The lowest BCUT2D eigenvalue weighted by Gasteiger charge is -2.11. The van der Waals surface area contributed by atoms with Crippen molar-refractivity contribution in [2.75, 3.05) is 7.05 Å². The molecule has 0 bridgehead atoms. The van der Waals surface area contributed by atoms with Crippen LogP contribution in [-0.4, -0.2) is 18.1 Å². The van der Waals surface area contributed by atoms with Crippen molar-refractivity contribution in [2.45, 2.75) is 38.1 Å². The molecule has 0 amide bonds. The highest BCUT2D eigenvalue weighted by atomic mass is 14.9. The molecule has 0 aromatic carbocycles. The second-order valence-corrected chi connectivity index (χ2v) is 4.29. The fourth-order valence-electron chi connectivity index (χ4n) is 2.35. The van der Waals surface area contributed by atoms with Gasteiger partial charge in [-0.1, -0.05) is 6.07 Å². The third kappa shape index (κ3) is 1.95. The van der Waals surface area contributed by atoms with Crippen LogP contribution in [0.5, 0.6) is 0 Å². The van der Waals surface area contributed by atoms with Crippen LogP contribution in [0, 0.1) is 6.92 Å². The molecule has 0 aliphatic heterocycles. The van der Waals surface area contributed by atoms with E-state index in [0.29, 0.717) is 6.04 Å². The fourth-order valence-corrected chi connectivity index (χ4v) is 2.35. The van der Waals surface area contributed by atoms with E-state index in [0.717, 1.165) is 5.92 Å². The van der Waals surface area contributed by atoms with Gasteiger partial charge in [0.1, 0.15) is 0 Å². The predicted octanol–water partition coefficient (Wildman–Crippen LogP) is 2.25. The van der Waals surface area contributed by atoms with Gasteiger partial charge in [0.2, 0.25) is 0 Å². The summed E-state index contributed by atoms with van der Waals surface area (Å²) in [5.74, 6) is 0.722. The van der Waals surface area contributed by atoms with E-state index in [1.807, 2.05) is 12.4 Å². The highest BCUT2D eigenvalue weighted by molar-refractivity contribution is 5.22. The van der Waals surface area contributed by atoms with Crippen LogP contribution >= 0.6 is 0 Å². The molecule has 1 aromatic rings. The first-order valence-electron chi connectivity index (χ1n) is 5.38. The summed E-state index contributed by atoms with van der Waals surface area (Å²) in [6.45, 7) is 2.11. The Bertz CT molecular complexity index is 309. The van der Waals surface area contributed by atoms with E-state index in [1.54, 1.807) is 0 Å². The molecule has 14 heavy (non-hydrogen) atoms. The van der Waals surface area contributed by atoms with Gasteiger partial charge in [-0.15, -0.1) is 0 Å². The van der Waals surface area contributed by atoms with Gasteiger partial charge in [-0.05, 0) is 50.3 Å². The van der Waals surface area contributed by atoms with E-state index in [9.17, 15) is 0 Å². The van der Waals surface area contributed by atoms with Crippen molar-refractivity contribution in [1.82, 2.24) is 10.3 Å². The van der Waals surface area contributed by atoms with Crippen LogP contribution in [0.2, 0.25) is 0 Å². The van der Waals surface area contributed by atoms with Crippen LogP contribution in [0.1, 0.15) is 36.3 Å². The smallest absolute Gasteiger partial charge is 0.0302 e. The zero-order valence-corrected chi connectivity index (χ0v) is 8.96. The summed E-state index contributed by atoms with van der Waals surface area (Å²) < 4.78 is 0. The number of rotatable bonds is 2. The average molecular weight is 190 g/mol. The van der Waals surface area contributed by atoms with E-state index in [2.05, 4.69) is 30.3 Å². The van der Waals surface area contributed by atoms with Gasteiger partial charge in [0.15, 0.2) is 0 Å². The van der Waals surface area contributed by atoms with E-state index in [1.165, 1.54) is 30.4 Å². The molecule has 2 unspecified atom stereocenters. The summed E-state index contributed by atoms with van der Waals surface area (Å²) in [6, 6.07) is 2.98. The number of aromatic nitrogens is 1. The van der Waals surface area contributed by atoms with Crippen LogP contribution in [0.3, 0.4) is 0 Å². The molecule has 1 aliphatic carbocycles. The lowest BCUT2D eigenvalue weighted by atomic mass is 9.98. The molecular weight excluding hydrogens is 172 g/mol. The fraction of sp³-hybridized carbons (Fsp3) is 0.583. The van der Waals surface area contributed by atoms with Crippen LogP contribution in [-0.2, 0) is 0 Å². The molecule has 1 fully saturated rings. The van der Waals surface area contributed by atoms with Gasteiger partial charge in [0.25, 0.3) is 0 Å². The van der Waals surface area contributed by atoms with Gasteiger partial charge in [-0.2, -0.15) is 0 Å². The predicted molar refractivity (Wildman–Crippen MR) is 58.4 cm³/mol. The van der Waals surface area contributed by atoms with Crippen molar-refractivity contribution in [3.63, 3.8) is 0 Å². The molecule has 1 saturated carbocycles. The summed E-state index contributed by atoms with van der Waals surface area (Å²) in [4.78, 5) is 4.26. The average Bonchev–Trinajstić information content (AvgIpc) is 2.66. The quantitative estimate of drug-likeness (QED) is 0.773. The maximum Gasteiger partial charge on any atom is 0.0302 e. The van der Waals surface area contributed by atoms with Crippen LogP contribution in [0.15, 0.2) is 18.5 Å². The van der Waals surface area contributed by atoms with Crippen LogP contribution in [0.25, 0.3) is 0 Å². The molecule has 2 nitrogen and oxygen atoms in total. The molecule has 1 aromatic heterocycles. The normalized spacial score (nSPS) is 26.7. The van der Waals surface area contributed by atoms with Crippen molar-refractivity contribution < 1.29 is 0 Å². The molecule has 2 rings (SSSR count). The summed E-state index contributed by atoms with van der Waals surface area (Å²) >= 11 is 0. The highest BCUT2D eigenvalue weighted by Crippen LogP contribution is 2.34. The Morgan fingerprint density at radius 2 is 2.21 bits per heavy atom. The SMILES string of the molecule is CNC1CCC(c2cncc(C)c2)C1.